The van der Waals surface area contributed by atoms with Crippen molar-refractivity contribution in [2.75, 3.05) is 9.80 Å². The summed E-state index contributed by atoms with van der Waals surface area (Å²) in [5.41, 5.74) is 18.5. The normalized spacial score (nSPS) is 13.9. The van der Waals surface area contributed by atoms with Gasteiger partial charge in [0.15, 0.2) is 0 Å². The number of nitrogens with zero attached hydrogens (tertiary/aromatic N) is 4. The van der Waals surface area contributed by atoms with Gasteiger partial charge in [0, 0.05) is 0 Å². The number of benzene rings is 15. The Balaban J connectivity index is 1.00. The first kappa shape index (κ1) is 59.6. The van der Waals surface area contributed by atoms with Crippen LogP contribution < -0.4 is 26.2 Å². The Labute approximate surface area is 657 Å². The second-order valence-electron chi connectivity index (χ2n) is 32.6. The van der Waals surface area contributed by atoms with Crippen LogP contribution in [0.1, 0.15) is 87.2 Å². The molecule has 15 aromatic carbocycles. The Morgan fingerprint density at radius 3 is 0.972 bits per heavy atom. The first-order valence-corrected chi connectivity index (χ1v) is 41.3. The van der Waals surface area contributed by atoms with Gasteiger partial charge in [-0.15, -0.1) is 0 Å². The van der Waals surface area contributed by atoms with E-state index in [4.69, 9.17) is 0 Å². The predicted molar refractivity (Wildman–Crippen MR) is 471 cm³/mol. The van der Waals surface area contributed by atoms with E-state index in [9.17, 15) is 8.22 Å². The number of aromatic nitrogens is 2. The van der Waals surface area contributed by atoms with E-state index in [1.165, 1.54) is 19.3 Å². The van der Waals surface area contributed by atoms with Gasteiger partial charge in [-0.1, -0.05) is 65.8 Å². The van der Waals surface area contributed by atoms with E-state index in [2.05, 4.69) is 348 Å². The van der Waals surface area contributed by atoms with E-state index in [-0.39, 0.29) is 87.5 Å². The van der Waals surface area contributed by atoms with Crippen molar-refractivity contribution < 1.29 is 8.22 Å². The van der Waals surface area contributed by atoms with Crippen molar-refractivity contribution >= 4 is 168 Å². The molecule has 0 fully saturated rings. The second kappa shape index (κ2) is 24.6. The molecule has 19 aromatic rings. The van der Waals surface area contributed by atoms with E-state index in [1.807, 2.05) is 12.1 Å². The summed E-state index contributed by atoms with van der Waals surface area (Å²) in [4.78, 5) is 4.64. The summed E-state index contributed by atoms with van der Waals surface area (Å²) in [6.45, 7) is 19.2. The summed E-state index contributed by atoms with van der Waals surface area (Å²) in [7, 11) is 0. The van der Waals surface area contributed by atoms with Crippen LogP contribution in [0, 0.1) is 0 Å². The molecular weight excluding hydrogens is 1450 g/mol. The SMILES string of the molecule is [2H]c1c([2H])c(-n2c3ccccc3c3ccc4c5ccccc5[se]c4c32)c([2H])c2c1B1c3c(cc(C(C)(C)C)cc3N(c3c(-c4ccccc4)cc(C(C)(C)C)cc3-c3ccccc3)c3c([2H])c(-n4c5ccccc5c5ccc6c7ccccc7[se]c6c54)c([2H])c([2H])c31)N2c1c(-c2ccccc2)cc(C(C)(C)C)cc1-c1ccccc1. The molecule has 0 atom stereocenters. The van der Waals surface area contributed by atoms with Crippen LogP contribution in [-0.2, 0) is 16.2 Å². The molecule has 7 heteroatoms. The molecule has 4 nitrogen and oxygen atoms in total. The second-order valence-corrected chi connectivity index (χ2v) is 37.1. The molecule has 0 spiro atoms. The minimum absolute atomic E-state index is 0.0346. The summed E-state index contributed by atoms with van der Waals surface area (Å²) in [5.74, 6) is 0. The van der Waals surface area contributed by atoms with Gasteiger partial charge in [-0.3, -0.25) is 0 Å². The Morgan fingerprint density at radius 2 is 0.615 bits per heavy atom. The zero-order valence-electron chi connectivity index (χ0n) is 68.2. The van der Waals surface area contributed by atoms with E-state index in [0.717, 1.165) is 152 Å². The summed E-state index contributed by atoms with van der Waals surface area (Å²) in [6, 6.07) is 99.0. The molecule has 4 aromatic heterocycles. The fraction of sp³-hybridized carbons (Fsp3) is 0.118. The average Bonchev–Trinajstić information content (AvgIpc) is 1.56. The first-order valence-electron chi connectivity index (χ1n) is 40.9. The summed E-state index contributed by atoms with van der Waals surface area (Å²) >= 11 is -0.340. The molecule has 6 heterocycles. The zero-order valence-corrected chi connectivity index (χ0v) is 65.7. The average molecular weight is 1540 g/mol. The maximum atomic E-state index is 12.1. The van der Waals surface area contributed by atoms with Crippen molar-refractivity contribution in [2.45, 2.75) is 78.6 Å². The van der Waals surface area contributed by atoms with Crippen LogP contribution in [-0.4, -0.2) is 44.9 Å². The molecule has 0 bridgehead atoms. The number of anilines is 6. The Hall–Kier alpha value is -11.4. The third-order valence-electron chi connectivity index (χ3n) is 23.0. The molecule has 0 amide bonds. The van der Waals surface area contributed by atoms with Gasteiger partial charge in [-0.25, -0.2) is 0 Å². The van der Waals surface area contributed by atoms with Gasteiger partial charge in [0.1, 0.15) is 0 Å². The maximum absolute atomic E-state index is 12.1. The summed E-state index contributed by atoms with van der Waals surface area (Å²) < 4.78 is 79.3. The standard InChI is InChI=1S/C102H79BN4Se2/c1-100(2,3)66-54-79(62-30-14-10-15-31-62)94(80(55-66)63-32-16-11-17-33-63)106-87-60-69(104-85-42-26-22-38-71(85)75-48-50-77-73-40-24-28-44-91(73)108-98(77)96(75)104)46-52-83(87)103-84-53-47-70(105-86-43-27-23-39-72(86)76-49-51-78-74-41-25-29-45-92(74)109-99(78)97(76)105)61-88(84)107(90-59-68(102(7,8)9)58-89(106)93(90)103)95-81(64-34-18-12-19-35-64)56-67(101(4,5)6)57-82(95)65-36-20-13-21-37-65/h10-61H,1-9H3/i46D,47D,52D,53D,60D,61D. The molecule has 0 unspecified atom stereocenters. The van der Waals surface area contributed by atoms with Crippen molar-refractivity contribution in [1.82, 2.24) is 9.13 Å². The molecule has 0 saturated heterocycles. The molecule has 109 heavy (non-hydrogen) atoms. The molecule has 2 aliphatic rings. The number of para-hydroxylation sites is 2. The van der Waals surface area contributed by atoms with Gasteiger partial charge in [0.05, 0.1) is 0 Å². The van der Waals surface area contributed by atoms with Gasteiger partial charge in [-0.05, 0) is 0 Å². The van der Waals surface area contributed by atoms with Gasteiger partial charge >= 0.3 is 596 Å². The van der Waals surface area contributed by atoms with Crippen LogP contribution >= 0.6 is 0 Å². The van der Waals surface area contributed by atoms with E-state index in [1.54, 1.807) is 0 Å². The first-order chi connectivity index (χ1) is 55.5. The molecule has 21 rings (SSSR count). The Kier molecular flexibility index (Phi) is 13.4. The van der Waals surface area contributed by atoms with Gasteiger partial charge in [0.2, 0.25) is 0 Å². The molecule has 0 radical (unpaired) electrons. The Bertz CT molecular complexity index is 6820. The minimum atomic E-state index is -1.13. The van der Waals surface area contributed by atoms with Crippen LogP contribution in [0.5, 0.6) is 0 Å². The van der Waals surface area contributed by atoms with Crippen molar-refractivity contribution in [1.29, 1.82) is 0 Å². The zero-order chi connectivity index (χ0) is 78.7. The Morgan fingerprint density at radius 1 is 0.303 bits per heavy atom. The fourth-order valence-electron chi connectivity index (χ4n) is 17.5. The monoisotopic (exact) mass is 1540 g/mol. The molecule has 2 aliphatic heterocycles. The third kappa shape index (κ3) is 10.2. The predicted octanol–water partition coefficient (Wildman–Crippen LogP) is 25.3. The van der Waals surface area contributed by atoms with Gasteiger partial charge in [0.25, 0.3) is 0 Å². The van der Waals surface area contributed by atoms with Crippen LogP contribution in [0.15, 0.2) is 315 Å². The number of fused-ring (bicyclic) bond motifs is 18. The van der Waals surface area contributed by atoms with Crippen molar-refractivity contribution in [3.63, 3.8) is 0 Å². The van der Waals surface area contributed by atoms with Crippen molar-refractivity contribution in [3.8, 4) is 55.9 Å². The fourth-order valence-corrected chi connectivity index (χ4v) is 22.7. The van der Waals surface area contributed by atoms with Gasteiger partial charge < -0.3 is 0 Å². The van der Waals surface area contributed by atoms with Gasteiger partial charge in [-0.2, -0.15) is 0 Å². The summed E-state index contributed by atoms with van der Waals surface area (Å²) in [6.07, 6.45) is 0. The molecule has 0 aliphatic carbocycles. The van der Waals surface area contributed by atoms with Crippen LogP contribution in [0.4, 0.5) is 34.1 Å². The van der Waals surface area contributed by atoms with E-state index in [0.29, 0.717) is 22.3 Å². The molecule has 0 saturated carbocycles. The topological polar surface area (TPSA) is 16.3 Å². The number of hydrogen-bond acceptors (Lipinski definition) is 2. The molecular formula is C102H79BN4Se2. The van der Waals surface area contributed by atoms with Crippen LogP contribution in [0.2, 0.25) is 0 Å². The van der Waals surface area contributed by atoms with E-state index < -0.39 is 12.1 Å². The van der Waals surface area contributed by atoms with Crippen molar-refractivity contribution in [3.05, 3.63) is 332 Å². The molecule has 522 valence electrons. The summed E-state index contributed by atoms with van der Waals surface area (Å²) in [5, 5.41) is 8.59. The van der Waals surface area contributed by atoms with E-state index >= 15 is 0 Å². The quantitative estimate of drug-likeness (QED) is 0.141. The third-order valence-corrected chi connectivity index (χ3v) is 28.0. The van der Waals surface area contributed by atoms with Crippen molar-refractivity contribution in [2.24, 2.45) is 0 Å². The molecule has 0 N–H and O–H groups in total. The van der Waals surface area contributed by atoms with Crippen LogP contribution in [0.3, 0.4) is 0 Å². The van der Waals surface area contributed by atoms with Crippen LogP contribution in [0.25, 0.3) is 138 Å². The number of hydrogen-bond donors (Lipinski definition) is 0. The number of rotatable bonds is 8.